The minimum atomic E-state index is -3.34. The predicted molar refractivity (Wildman–Crippen MR) is 79.3 cm³/mol. The summed E-state index contributed by atoms with van der Waals surface area (Å²) in [6.45, 7) is 0.677. The van der Waals surface area contributed by atoms with Gasteiger partial charge in [0.05, 0.1) is 10.1 Å². The number of fused-ring (bicyclic) bond motifs is 3. The highest BCUT2D eigenvalue weighted by atomic mass is 32.2. The fourth-order valence-electron chi connectivity index (χ4n) is 3.51. The molecule has 2 unspecified atom stereocenters. The molecule has 0 bridgehead atoms. The van der Waals surface area contributed by atoms with Gasteiger partial charge in [-0.2, -0.15) is 5.10 Å². The van der Waals surface area contributed by atoms with E-state index < -0.39 is 15.1 Å². The molecule has 114 valence electrons. The Bertz CT molecular complexity index is 872. The van der Waals surface area contributed by atoms with Gasteiger partial charge in [-0.1, -0.05) is 18.2 Å². The number of hydrogen-bond acceptors (Lipinski definition) is 4. The molecular formula is C15H15N3O3S. The van der Waals surface area contributed by atoms with E-state index in [1.165, 1.54) is 4.68 Å². The number of rotatable bonds is 1. The van der Waals surface area contributed by atoms with E-state index in [4.69, 9.17) is 0 Å². The summed E-state index contributed by atoms with van der Waals surface area (Å²) >= 11 is 0. The number of aromatic nitrogens is 2. The Morgan fingerprint density at radius 2 is 2.00 bits per heavy atom. The molecule has 0 radical (unpaired) electrons. The molecule has 1 fully saturated rings. The lowest BCUT2D eigenvalue weighted by atomic mass is 9.99. The Hall–Kier alpha value is -2.15. The third-order valence-electron chi connectivity index (χ3n) is 4.62. The van der Waals surface area contributed by atoms with E-state index in [1.807, 2.05) is 12.1 Å². The summed E-state index contributed by atoms with van der Waals surface area (Å²) in [5.74, 6) is -0.291. The average Bonchev–Trinajstić information content (AvgIpc) is 3.16. The van der Waals surface area contributed by atoms with Crippen LogP contribution in [0.5, 0.6) is 0 Å². The van der Waals surface area contributed by atoms with Crippen LogP contribution in [0.4, 0.5) is 0 Å². The van der Waals surface area contributed by atoms with Crippen LogP contribution in [0.15, 0.2) is 41.4 Å². The maximum atomic E-state index is 12.6. The lowest BCUT2D eigenvalue weighted by Crippen LogP contribution is -2.32. The van der Waals surface area contributed by atoms with Crippen molar-refractivity contribution in [1.82, 2.24) is 14.7 Å². The van der Waals surface area contributed by atoms with Crippen LogP contribution >= 0.6 is 0 Å². The number of carbonyl (C=O) groups is 1. The van der Waals surface area contributed by atoms with Gasteiger partial charge < -0.3 is 4.90 Å². The SMILES string of the molecule is Cn1nccc1C(=O)N1CC2c3ccccc3S(=O)(=O)C2C1. The maximum absolute atomic E-state index is 12.6. The van der Waals surface area contributed by atoms with Crippen LogP contribution in [-0.2, 0) is 16.9 Å². The van der Waals surface area contributed by atoms with Crippen molar-refractivity contribution in [2.45, 2.75) is 16.1 Å². The molecule has 1 amide bonds. The summed E-state index contributed by atoms with van der Waals surface area (Å²) in [5.41, 5.74) is 1.32. The number of amides is 1. The van der Waals surface area contributed by atoms with Crippen LogP contribution in [0.25, 0.3) is 0 Å². The molecule has 1 saturated heterocycles. The molecule has 22 heavy (non-hydrogen) atoms. The Kier molecular flexibility index (Phi) is 2.72. The molecule has 7 heteroatoms. The van der Waals surface area contributed by atoms with Gasteiger partial charge in [-0.05, 0) is 17.7 Å². The molecule has 4 rings (SSSR count). The molecule has 2 aromatic rings. The van der Waals surface area contributed by atoms with Gasteiger partial charge in [0.1, 0.15) is 5.69 Å². The van der Waals surface area contributed by atoms with E-state index in [0.29, 0.717) is 17.1 Å². The highest BCUT2D eigenvalue weighted by molar-refractivity contribution is 7.92. The summed E-state index contributed by atoms with van der Waals surface area (Å²) in [6.07, 6.45) is 1.57. The molecule has 1 aromatic carbocycles. The van der Waals surface area contributed by atoms with Crippen LogP contribution in [0.1, 0.15) is 22.0 Å². The van der Waals surface area contributed by atoms with E-state index in [9.17, 15) is 13.2 Å². The zero-order valence-corrected chi connectivity index (χ0v) is 12.8. The van der Waals surface area contributed by atoms with Crippen molar-refractivity contribution in [2.24, 2.45) is 7.05 Å². The Morgan fingerprint density at radius 3 is 2.73 bits per heavy atom. The molecule has 0 saturated carbocycles. The summed E-state index contributed by atoms with van der Waals surface area (Å²) in [4.78, 5) is 14.6. The zero-order chi connectivity index (χ0) is 15.5. The fourth-order valence-corrected chi connectivity index (χ4v) is 5.69. The summed E-state index contributed by atoms with van der Waals surface area (Å²) in [7, 11) is -1.64. The van der Waals surface area contributed by atoms with Crippen molar-refractivity contribution in [3.63, 3.8) is 0 Å². The van der Waals surface area contributed by atoms with Crippen LogP contribution in [0.3, 0.4) is 0 Å². The number of benzene rings is 1. The topological polar surface area (TPSA) is 72.3 Å². The Balaban J connectivity index is 1.70. The second-order valence-corrected chi connectivity index (χ2v) is 7.91. The fraction of sp³-hybridized carbons (Fsp3) is 0.333. The van der Waals surface area contributed by atoms with Gasteiger partial charge in [0.15, 0.2) is 9.84 Å². The maximum Gasteiger partial charge on any atom is 0.272 e. The monoisotopic (exact) mass is 317 g/mol. The number of aryl methyl sites for hydroxylation is 1. The molecular weight excluding hydrogens is 302 g/mol. The van der Waals surface area contributed by atoms with Crippen molar-refractivity contribution < 1.29 is 13.2 Å². The molecule has 0 N–H and O–H groups in total. The standard InChI is InChI=1S/C15H15N3O3S/c1-17-12(6-7-16-17)15(19)18-8-11-10-4-2-3-5-13(10)22(20,21)14(11)9-18/h2-7,11,14H,8-9H2,1H3. The number of sulfone groups is 1. The van der Waals surface area contributed by atoms with Gasteiger partial charge in [-0.25, -0.2) is 8.42 Å². The van der Waals surface area contributed by atoms with E-state index in [0.717, 1.165) is 5.56 Å². The number of carbonyl (C=O) groups excluding carboxylic acids is 1. The van der Waals surface area contributed by atoms with Gasteiger partial charge in [0, 0.05) is 32.3 Å². The first-order chi connectivity index (χ1) is 10.5. The van der Waals surface area contributed by atoms with Crippen molar-refractivity contribution in [3.8, 4) is 0 Å². The number of likely N-dealkylation sites (tertiary alicyclic amines) is 1. The van der Waals surface area contributed by atoms with Gasteiger partial charge in [0.25, 0.3) is 5.91 Å². The van der Waals surface area contributed by atoms with E-state index in [1.54, 1.807) is 36.3 Å². The van der Waals surface area contributed by atoms with E-state index >= 15 is 0 Å². The number of nitrogens with zero attached hydrogens (tertiary/aromatic N) is 3. The first-order valence-electron chi connectivity index (χ1n) is 7.10. The van der Waals surface area contributed by atoms with Gasteiger partial charge >= 0.3 is 0 Å². The third kappa shape index (κ3) is 1.68. The van der Waals surface area contributed by atoms with Gasteiger partial charge in [0.2, 0.25) is 0 Å². The van der Waals surface area contributed by atoms with Gasteiger partial charge in [-0.3, -0.25) is 9.48 Å². The molecule has 2 aliphatic rings. The quantitative estimate of drug-likeness (QED) is 0.780. The van der Waals surface area contributed by atoms with Crippen LogP contribution in [0, 0.1) is 0 Å². The average molecular weight is 317 g/mol. The van der Waals surface area contributed by atoms with Crippen LogP contribution < -0.4 is 0 Å². The second kappa shape index (κ2) is 4.42. The smallest absolute Gasteiger partial charge is 0.272 e. The summed E-state index contributed by atoms with van der Waals surface area (Å²) in [5, 5.41) is 3.47. The first kappa shape index (κ1) is 13.5. The number of hydrogen-bond donors (Lipinski definition) is 0. The highest BCUT2D eigenvalue weighted by Gasteiger charge is 2.51. The minimum absolute atomic E-state index is 0.127. The molecule has 2 aliphatic heterocycles. The van der Waals surface area contributed by atoms with Crippen molar-refractivity contribution in [1.29, 1.82) is 0 Å². The van der Waals surface area contributed by atoms with E-state index in [-0.39, 0.29) is 18.4 Å². The molecule has 3 heterocycles. The molecule has 0 spiro atoms. The largest absolute Gasteiger partial charge is 0.335 e. The zero-order valence-electron chi connectivity index (χ0n) is 12.0. The first-order valence-corrected chi connectivity index (χ1v) is 8.65. The lowest BCUT2D eigenvalue weighted by molar-refractivity contribution is 0.0780. The normalized spacial score (nSPS) is 25.0. The van der Waals surface area contributed by atoms with E-state index in [2.05, 4.69) is 5.10 Å². The molecule has 0 aliphatic carbocycles. The molecule has 1 aromatic heterocycles. The molecule has 6 nitrogen and oxygen atoms in total. The third-order valence-corrected chi connectivity index (χ3v) is 6.88. The summed E-state index contributed by atoms with van der Waals surface area (Å²) < 4.78 is 26.8. The molecule has 2 atom stereocenters. The van der Waals surface area contributed by atoms with Crippen LogP contribution in [-0.4, -0.2) is 47.3 Å². The predicted octanol–water partition coefficient (Wildman–Crippen LogP) is 0.816. The van der Waals surface area contributed by atoms with Crippen LogP contribution in [0.2, 0.25) is 0 Å². The van der Waals surface area contributed by atoms with Crippen molar-refractivity contribution in [2.75, 3.05) is 13.1 Å². The lowest BCUT2D eigenvalue weighted by Gasteiger charge is -2.17. The van der Waals surface area contributed by atoms with Crippen molar-refractivity contribution in [3.05, 3.63) is 47.8 Å². The second-order valence-electron chi connectivity index (χ2n) is 5.78. The summed E-state index contributed by atoms with van der Waals surface area (Å²) in [6, 6.07) is 8.77. The van der Waals surface area contributed by atoms with Gasteiger partial charge in [-0.15, -0.1) is 0 Å². The Labute approximate surface area is 128 Å². The highest BCUT2D eigenvalue weighted by Crippen LogP contribution is 2.44. The Morgan fingerprint density at radius 1 is 1.23 bits per heavy atom. The van der Waals surface area contributed by atoms with Crippen molar-refractivity contribution >= 4 is 15.7 Å². The minimum Gasteiger partial charge on any atom is -0.335 e.